The maximum Gasteiger partial charge on any atom is 0.223 e. The van der Waals surface area contributed by atoms with E-state index in [-0.39, 0.29) is 23.8 Å². The van der Waals surface area contributed by atoms with Crippen LogP contribution in [0.15, 0.2) is 24.3 Å². The topological polar surface area (TPSA) is 53.1 Å². The zero-order chi connectivity index (χ0) is 18.7. The van der Waals surface area contributed by atoms with Crippen LogP contribution in [0.5, 0.6) is 0 Å². The van der Waals surface area contributed by atoms with Gasteiger partial charge < -0.3 is 19.4 Å². The van der Waals surface area contributed by atoms with Crippen molar-refractivity contribution in [1.82, 2.24) is 9.80 Å². The number of ether oxygens (including phenoxy) is 1. The Hall–Kier alpha value is -2.08. The summed E-state index contributed by atoms with van der Waals surface area (Å²) in [7, 11) is 1.66. The first-order valence-electron chi connectivity index (χ1n) is 9.35. The van der Waals surface area contributed by atoms with Crippen molar-refractivity contribution in [2.45, 2.75) is 26.4 Å². The molecule has 0 radical (unpaired) electrons. The highest BCUT2D eigenvalue weighted by atomic mass is 16.5. The van der Waals surface area contributed by atoms with Gasteiger partial charge in [-0.05, 0) is 24.6 Å². The molecule has 6 nitrogen and oxygen atoms in total. The summed E-state index contributed by atoms with van der Waals surface area (Å²) in [5.74, 6) is 0.311. The van der Waals surface area contributed by atoms with Crippen molar-refractivity contribution < 1.29 is 14.3 Å². The molecule has 0 N–H and O–H groups in total. The zero-order valence-corrected chi connectivity index (χ0v) is 16.0. The summed E-state index contributed by atoms with van der Waals surface area (Å²) in [5.41, 5.74) is 2.48. The zero-order valence-electron chi connectivity index (χ0n) is 16.0. The van der Waals surface area contributed by atoms with E-state index in [4.69, 9.17) is 4.74 Å². The molecule has 0 aromatic heterocycles. The van der Waals surface area contributed by atoms with E-state index in [1.165, 1.54) is 11.3 Å². The maximum atomic E-state index is 12.7. The summed E-state index contributed by atoms with van der Waals surface area (Å²) < 4.78 is 5.51. The van der Waals surface area contributed by atoms with Gasteiger partial charge in [0.25, 0.3) is 0 Å². The maximum absolute atomic E-state index is 12.7. The number of carbonyl (C=O) groups excluding carboxylic acids is 2. The fraction of sp³-hybridized carbons (Fsp3) is 0.600. The lowest BCUT2D eigenvalue weighted by atomic mass is 10.0. The van der Waals surface area contributed by atoms with Gasteiger partial charge in [0.05, 0.1) is 6.10 Å². The van der Waals surface area contributed by atoms with Gasteiger partial charge in [-0.1, -0.05) is 12.1 Å². The molecule has 142 valence electrons. The van der Waals surface area contributed by atoms with Crippen LogP contribution < -0.4 is 4.90 Å². The fourth-order valence-corrected chi connectivity index (χ4v) is 3.95. The van der Waals surface area contributed by atoms with Crippen LogP contribution in [-0.2, 0) is 14.3 Å². The van der Waals surface area contributed by atoms with Gasteiger partial charge >= 0.3 is 0 Å². The molecule has 2 aliphatic rings. The highest BCUT2D eigenvalue weighted by Gasteiger charge is 2.36. The number of aryl methyl sites for hydroxylation is 1. The summed E-state index contributed by atoms with van der Waals surface area (Å²) >= 11 is 0. The van der Waals surface area contributed by atoms with Gasteiger partial charge in [0.2, 0.25) is 11.8 Å². The lowest BCUT2D eigenvalue weighted by molar-refractivity contribution is -0.133. The van der Waals surface area contributed by atoms with Gasteiger partial charge in [-0.3, -0.25) is 9.59 Å². The molecule has 0 bridgehead atoms. The van der Waals surface area contributed by atoms with Crippen molar-refractivity contribution in [3.63, 3.8) is 0 Å². The number of piperazine rings is 1. The van der Waals surface area contributed by atoms with Crippen molar-refractivity contribution in [3.05, 3.63) is 29.8 Å². The third kappa shape index (κ3) is 4.18. The second kappa shape index (κ2) is 8.08. The molecule has 3 rings (SSSR count). The van der Waals surface area contributed by atoms with Gasteiger partial charge in [0.15, 0.2) is 0 Å². The van der Waals surface area contributed by atoms with E-state index in [2.05, 4.69) is 36.1 Å². The second-order valence-electron chi connectivity index (χ2n) is 7.37. The Bertz CT molecular complexity index is 655. The number of methoxy groups -OCH3 is 1. The SMILES string of the molecule is CO[C@H]1CN(C(C)=O)C[C@@H]1CC(=O)N1CCN(c2cccc(C)c2)CC1. The molecule has 2 heterocycles. The van der Waals surface area contributed by atoms with Crippen LogP contribution in [0.1, 0.15) is 18.9 Å². The molecule has 1 aromatic carbocycles. The Kier molecular flexibility index (Phi) is 5.81. The van der Waals surface area contributed by atoms with Crippen LogP contribution in [0.25, 0.3) is 0 Å². The molecule has 0 aliphatic carbocycles. The van der Waals surface area contributed by atoms with Crippen LogP contribution in [0.4, 0.5) is 5.69 Å². The summed E-state index contributed by atoms with van der Waals surface area (Å²) in [6.45, 7) is 8.07. The minimum atomic E-state index is -0.0450. The molecule has 2 amide bonds. The number of anilines is 1. The van der Waals surface area contributed by atoms with Gasteiger partial charge in [-0.25, -0.2) is 0 Å². The lowest BCUT2D eigenvalue weighted by Crippen LogP contribution is -2.49. The Balaban J connectivity index is 1.53. The van der Waals surface area contributed by atoms with Crippen LogP contribution >= 0.6 is 0 Å². The van der Waals surface area contributed by atoms with E-state index < -0.39 is 0 Å². The van der Waals surface area contributed by atoms with Crippen molar-refractivity contribution in [1.29, 1.82) is 0 Å². The Morgan fingerprint density at radius 2 is 1.85 bits per heavy atom. The van der Waals surface area contributed by atoms with Crippen LogP contribution in [0, 0.1) is 12.8 Å². The van der Waals surface area contributed by atoms with Gasteiger partial charge in [0.1, 0.15) is 0 Å². The predicted octanol–water partition coefficient (Wildman–Crippen LogP) is 1.53. The smallest absolute Gasteiger partial charge is 0.223 e. The molecule has 1 aromatic rings. The number of rotatable bonds is 4. The molecule has 26 heavy (non-hydrogen) atoms. The van der Waals surface area contributed by atoms with E-state index in [0.717, 1.165) is 26.2 Å². The largest absolute Gasteiger partial charge is 0.379 e. The van der Waals surface area contributed by atoms with Gasteiger partial charge in [-0.15, -0.1) is 0 Å². The summed E-state index contributed by atoms with van der Waals surface area (Å²) in [4.78, 5) is 30.4. The molecule has 2 aliphatic heterocycles. The number of carbonyl (C=O) groups is 2. The highest BCUT2D eigenvalue weighted by Crippen LogP contribution is 2.24. The van der Waals surface area contributed by atoms with E-state index in [1.54, 1.807) is 18.9 Å². The first-order valence-corrected chi connectivity index (χ1v) is 9.35. The molecule has 2 atom stereocenters. The quantitative estimate of drug-likeness (QED) is 0.818. The van der Waals surface area contributed by atoms with Gasteiger partial charge in [-0.2, -0.15) is 0 Å². The number of amides is 2. The Labute approximate surface area is 155 Å². The number of nitrogens with zero attached hydrogens (tertiary/aromatic N) is 3. The van der Waals surface area contributed by atoms with E-state index in [0.29, 0.717) is 19.5 Å². The molecule has 0 spiro atoms. The van der Waals surface area contributed by atoms with Crippen molar-refractivity contribution >= 4 is 17.5 Å². The average molecular weight is 359 g/mol. The number of benzene rings is 1. The second-order valence-corrected chi connectivity index (χ2v) is 7.37. The Morgan fingerprint density at radius 3 is 2.46 bits per heavy atom. The first-order chi connectivity index (χ1) is 12.5. The third-order valence-electron chi connectivity index (χ3n) is 5.57. The van der Waals surface area contributed by atoms with E-state index >= 15 is 0 Å². The van der Waals surface area contributed by atoms with Crippen molar-refractivity contribution in [2.75, 3.05) is 51.3 Å². The minimum absolute atomic E-state index is 0.0450. The van der Waals surface area contributed by atoms with E-state index in [9.17, 15) is 9.59 Å². The predicted molar refractivity (Wildman–Crippen MR) is 101 cm³/mol. The minimum Gasteiger partial charge on any atom is -0.379 e. The normalized spacial score (nSPS) is 23.4. The number of hydrogen-bond acceptors (Lipinski definition) is 4. The van der Waals surface area contributed by atoms with Crippen molar-refractivity contribution in [3.8, 4) is 0 Å². The number of likely N-dealkylation sites (tertiary alicyclic amines) is 1. The van der Waals surface area contributed by atoms with Crippen LogP contribution in [0.3, 0.4) is 0 Å². The molecule has 2 fully saturated rings. The highest BCUT2D eigenvalue weighted by molar-refractivity contribution is 5.77. The van der Waals surface area contributed by atoms with Crippen LogP contribution in [0.2, 0.25) is 0 Å². The Morgan fingerprint density at radius 1 is 1.12 bits per heavy atom. The standard InChI is InChI=1S/C20H29N3O3/c1-15-5-4-6-18(11-15)21-7-9-22(10-8-21)20(25)12-17-13-23(16(2)24)14-19(17)26-3/h4-6,11,17,19H,7-10,12-14H2,1-3H3/t17-,19-/m0/s1. The average Bonchev–Trinajstić information content (AvgIpc) is 3.05. The lowest BCUT2D eigenvalue weighted by Gasteiger charge is -2.36. The summed E-state index contributed by atoms with van der Waals surface area (Å²) in [6.07, 6.45) is 0.406. The molecular formula is C20H29N3O3. The monoisotopic (exact) mass is 359 g/mol. The third-order valence-corrected chi connectivity index (χ3v) is 5.57. The molecule has 0 unspecified atom stereocenters. The van der Waals surface area contributed by atoms with Crippen LogP contribution in [-0.4, -0.2) is 74.1 Å². The first kappa shape index (κ1) is 18.7. The van der Waals surface area contributed by atoms with E-state index in [1.807, 2.05) is 4.90 Å². The molecular weight excluding hydrogens is 330 g/mol. The fourth-order valence-electron chi connectivity index (χ4n) is 3.95. The van der Waals surface area contributed by atoms with Gasteiger partial charge in [0, 0.05) is 71.3 Å². The summed E-state index contributed by atoms with van der Waals surface area (Å²) in [5, 5.41) is 0. The molecule has 0 saturated carbocycles. The molecule has 2 saturated heterocycles. The molecule has 6 heteroatoms. The van der Waals surface area contributed by atoms with Crippen molar-refractivity contribution in [2.24, 2.45) is 5.92 Å². The summed E-state index contributed by atoms with van der Waals surface area (Å²) in [6, 6.07) is 8.49. The number of hydrogen-bond donors (Lipinski definition) is 0.